The van der Waals surface area contributed by atoms with Gasteiger partial charge in [-0.05, 0) is 11.6 Å². The molecule has 88 valence electrons. The Morgan fingerprint density at radius 2 is 1.67 bits per heavy atom. The van der Waals surface area contributed by atoms with Crippen LogP contribution in [0.5, 0.6) is 0 Å². The summed E-state index contributed by atoms with van der Waals surface area (Å²) in [6.45, 7) is 0. The first-order valence-electron chi connectivity index (χ1n) is 5.87. The van der Waals surface area contributed by atoms with Crippen LogP contribution in [0.1, 0.15) is 27.6 Å². The second-order valence-electron chi connectivity index (χ2n) is 4.51. The molecule has 2 aromatic carbocycles. The lowest BCUT2D eigenvalue weighted by molar-refractivity contribution is -0.00812. The van der Waals surface area contributed by atoms with E-state index in [1.165, 1.54) is 0 Å². The molecule has 2 aliphatic heterocycles. The Labute approximate surface area is 104 Å². The third kappa shape index (κ3) is 1.14. The Bertz CT molecular complexity index is 635. The molecule has 0 amide bonds. The molecule has 0 bridgehead atoms. The quantitative estimate of drug-likeness (QED) is 0.566. The minimum atomic E-state index is -0.880. The van der Waals surface area contributed by atoms with Crippen LogP contribution in [0.25, 0.3) is 0 Å². The summed E-state index contributed by atoms with van der Waals surface area (Å²) in [4.78, 5) is 11.8. The van der Waals surface area contributed by atoms with Crippen molar-refractivity contribution in [1.29, 1.82) is 0 Å². The third-order valence-electron chi connectivity index (χ3n) is 3.45. The molecule has 2 aromatic rings. The lowest BCUT2D eigenvalue weighted by atomic mass is 9.99. The fraction of sp³-hybridized carbons (Fsp3) is 0.133. The van der Waals surface area contributed by atoms with Crippen LogP contribution in [0.3, 0.4) is 0 Å². The Morgan fingerprint density at radius 1 is 0.944 bits per heavy atom. The van der Waals surface area contributed by atoms with Crippen molar-refractivity contribution in [2.24, 2.45) is 0 Å². The topological polar surface area (TPSA) is 38.8 Å². The van der Waals surface area contributed by atoms with E-state index >= 15 is 0 Å². The van der Waals surface area contributed by atoms with E-state index in [-0.39, 0.29) is 12.1 Å². The van der Waals surface area contributed by atoms with E-state index < -0.39 is 5.79 Å². The Hall–Kier alpha value is -2.13. The van der Waals surface area contributed by atoms with Crippen molar-refractivity contribution < 1.29 is 14.3 Å². The predicted molar refractivity (Wildman–Crippen MR) is 63.8 cm³/mol. The normalized spacial score (nSPS) is 28.0. The number of hydrogen-bond acceptors (Lipinski definition) is 3. The van der Waals surface area contributed by atoms with Crippen molar-refractivity contribution in [3.63, 3.8) is 0 Å². The molecule has 18 heavy (non-hydrogen) atoms. The summed E-state index contributed by atoms with van der Waals surface area (Å²) >= 11 is 0. The molecule has 1 spiro atoms. The molecule has 1 saturated heterocycles. The van der Waals surface area contributed by atoms with E-state index in [4.69, 9.17) is 9.47 Å². The van der Waals surface area contributed by atoms with Crippen LogP contribution < -0.4 is 0 Å². The van der Waals surface area contributed by atoms with Crippen molar-refractivity contribution in [2.75, 3.05) is 0 Å². The van der Waals surface area contributed by atoms with E-state index in [1.54, 1.807) is 6.07 Å². The highest BCUT2D eigenvalue weighted by atomic mass is 16.8. The van der Waals surface area contributed by atoms with Crippen molar-refractivity contribution in [1.82, 2.24) is 0 Å². The fourth-order valence-corrected chi connectivity index (χ4v) is 2.55. The van der Waals surface area contributed by atoms with Gasteiger partial charge in [0.1, 0.15) is 0 Å². The number of carbonyl (C=O) groups excluding carboxylic acids is 1. The molecule has 0 saturated carbocycles. The number of benzene rings is 2. The van der Waals surface area contributed by atoms with Crippen LogP contribution in [0.4, 0.5) is 0 Å². The number of ether oxygens (including phenoxy) is 2. The minimum absolute atomic E-state index is 0.189. The van der Waals surface area contributed by atoms with Crippen LogP contribution in [0.2, 0.25) is 0 Å². The molecule has 3 nitrogen and oxygen atoms in total. The zero-order valence-electron chi connectivity index (χ0n) is 9.50. The molecular formula is C15H10O3. The highest BCUT2D eigenvalue weighted by Crippen LogP contribution is 2.61. The molecular weight excluding hydrogens is 228 g/mol. The summed E-state index contributed by atoms with van der Waals surface area (Å²) in [5, 5.41) is 0. The van der Waals surface area contributed by atoms with Crippen LogP contribution >= 0.6 is 0 Å². The van der Waals surface area contributed by atoms with Gasteiger partial charge in [-0.25, -0.2) is 4.79 Å². The highest BCUT2D eigenvalue weighted by molar-refractivity contribution is 5.95. The Kier molecular flexibility index (Phi) is 1.76. The monoisotopic (exact) mass is 238 g/mol. The molecule has 0 aromatic heterocycles. The molecule has 3 heteroatoms. The van der Waals surface area contributed by atoms with Crippen LogP contribution in [0, 0.1) is 0 Å². The zero-order valence-corrected chi connectivity index (χ0v) is 9.50. The van der Waals surface area contributed by atoms with Crippen molar-refractivity contribution in [3.8, 4) is 0 Å². The molecule has 2 heterocycles. The Morgan fingerprint density at radius 3 is 2.50 bits per heavy atom. The van der Waals surface area contributed by atoms with Crippen LogP contribution in [-0.2, 0) is 15.3 Å². The van der Waals surface area contributed by atoms with Gasteiger partial charge in [0.15, 0.2) is 6.10 Å². The second kappa shape index (κ2) is 3.21. The molecule has 1 fully saturated rings. The number of esters is 1. The predicted octanol–water partition coefficient (Wildman–Crippen LogP) is 2.78. The van der Waals surface area contributed by atoms with Crippen molar-refractivity contribution in [2.45, 2.75) is 11.9 Å². The Balaban J connectivity index is 1.79. The summed E-state index contributed by atoms with van der Waals surface area (Å²) in [5.41, 5.74) is 2.47. The smallest absolute Gasteiger partial charge is 0.341 e. The minimum Gasteiger partial charge on any atom is -0.422 e. The van der Waals surface area contributed by atoms with Crippen molar-refractivity contribution >= 4 is 5.97 Å². The van der Waals surface area contributed by atoms with E-state index in [2.05, 4.69) is 0 Å². The van der Waals surface area contributed by atoms with Gasteiger partial charge in [-0.15, -0.1) is 0 Å². The van der Waals surface area contributed by atoms with Gasteiger partial charge in [-0.3, -0.25) is 0 Å². The summed E-state index contributed by atoms with van der Waals surface area (Å²) < 4.78 is 11.1. The molecule has 2 aliphatic rings. The SMILES string of the molecule is O=C1O[C@]2(O[C@H]2c2ccccc2)c2ccccc21. The van der Waals surface area contributed by atoms with Crippen LogP contribution in [0.15, 0.2) is 54.6 Å². The number of hydrogen-bond donors (Lipinski definition) is 0. The number of rotatable bonds is 1. The van der Waals surface area contributed by atoms with Gasteiger partial charge in [0.25, 0.3) is 5.79 Å². The first-order valence-corrected chi connectivity index (χ1v) is 5.87. The summed E-state index contributed by atoms with van der Waals surface area (Å²) in [6.07, 6.45) is -0.189. The molecule has 4 rings (SSSR count). The first-order chi connectivity index (χ1) is 8.81. The third-order valence-corrected chi connectivity index (χ3v) is 3.45. The van der Waals surface area contributed by atoms with Gasteiger partial charge in [-0.1, -0.05) is 48.5 Å². The zero-order chi connectivity index (χ0) is 12.2. The molecule has 2 atom stereocenters. The molecule has 0 radical (unpaired) electrons. The van der Waals surface area contributed by atoms with Gasteiger partial charge in [0, 0.05) is 5.56 Å². The van der Waals surface area contributed by atoms with Gasteiger partial charge >= 0.3 is 5.97 Å². The maximum atomic E-state index is 11.8. The van der Waals surface area contributed by atoms with Gasteiger partial charge in [-0.2, -0.15) is 0 Å². The lowest BCUT2D eigenvalue weighted by Gasteiger charge is -2.04. The maximum absolute atomic E-state index is 11.8. The van der Waals surface area contributed by atoms with Crippen LogP contribution in [-0.4, -0.2) is 5.97 Å². The largest absolute Gasteiger partial charge is 0.422 e. The molecule has 0 N–H and O–H groups in total. The summed E-state index contributed by atoms with van der Waals surface area (Å²) in [6, 6.07) is 17.2. The fourth-order valence-electron chi connectivity index (χ4n) is 2.55. The number of epoxide rings is 1. The highest BCUT2D eigenvalue weighted by Gasteiger charge is 2.67. The van der Waals surface area contributed by atoms with E-state index in [1.807, 2.05) is 48.5 Å². The second-order valence-corrected chi connectivity index (χ2v) is 4.51. The standard InChI is InChI=1S/C15H10O3/c16-14-11-8-4-5-9-12(11)15(18-14)13(17-15)10-6-2-1-3-7-10/h1-9,13H/t13-,15+/m0/s1. The van der Waals surface area contributed by atoms with E-state index in [9.17, 15) is 4.79 Å². The number of carbonyl (C=O) groups is 1. The lowest BCUT2D eigenvalue weighted by Crippen LogP contribution is -2.09. The van der Waals surface area contributed by atoms with Gasteiger partial charge in [0.2, 0.25) is 0 Å². The maximum Gasteiger partial charge on any atom is 0.341 e. The number of fused-ring (bicyclic) bond motifs is 2. The summed E-state index contributed by atoms with van der Waals surface area (Å²) in [5.74, 6) is -1.18. The van der Waals surface area contributed by atoms with Gasteiger partial charge in [0.05, 0.1) is 5.56 Å². The molecule has 0 unspecified atom stereocenters. The van der Waals surface area contributed by atoms with E-state index in [0.717, 1.165) is 11.1 Å². The summed E-state index contributed by atoms with van der Waals surface area (Å²) in [7, 11) is 0. The van der Waals surface area contributed by atoms with E-state index in [0.29, 0.717) is 5.56 Å². The van der Waals surface area contributed by atoms with Gasteiger partial charge < -0.3 is 9.47 Å². The average molecular weight is 238 g/mol. The first kappa shape index (κ1) is 9.85. The van der Waals surface area contributed by atoms with Crippen molar-refractivity contribution in [3.05, 3.63) is 71.3 Å². The molecule has 0 aliphatic carbocycles. The average Bonchev–Trinajstić information content (AvgIpc) is 3.07.